The number of aliphatic hydroxyl groups excluding tert-OH is 1. The molecular weight excluding hydrogens is 164 g/mol. The van der Waals surface area contributed by atoms with Crippen molar-refractivity contribution >= 4 is 0 Å². The van der Waals surface area contributed by atoms with E-state index in [2.05, 4.69) is 6.92 Å². The predicted octanol–water partition coefficient (Wildman–Crippen LogP) is 2.68. The average molecular weight is 180 g/mol. The lowest BCUT2D eigenvalue weighted by atomic mass is 9.79. The second kappa shape index (κ2) is 3.54. The van der Waals surface area contributed by atoms with E-state index in [1.807, 2.05) is 6.07 Å². The van der Waals surface area contributed by atoms with Crippen LogP contribution in [0.15, 0.2) is 16.7 Å². The highest BCUT2D eigenvalue weighted by atomic mass is 16.3. The predicted molar refractivity (Wildman–Crippen MR) is 50.4 cm³/mol. The number of hydrogen-bond acceptors (Lipinski definition) is 2. The molecule has 72 valence electrons. The summed E-state index contributed by atoms with van der Waals surface area (Å²) < 4.78 is 5.29. The molecule has 13 heavy (non-hydrogen) atoms. The summed E-state index contributed by atoms with van der Waals surface area (Å²) in [4.78, 5) is 0. The summed E-state index contributed by atoms with van der Waals surface area (Å²) in [7, 11) is 0. The zero-order valence-corrected chi connectivity index (χ0v) is 7.99. The van der Waals surface area contributed by atoms with Gasteiger partial charge in [-0.1, -0.05) is 13.3 Å². The Kier molecular flexibility index (Phi) is 2.40. The minimum Gasteiger partial charge on any atom is -0.469 e. The molecular formula is C11H16O2. The smallest absolute Gasteiger partial charge is 0.109 e. The lowest BCUT2D eigenvalue weighted by Crippen LogP contribution is -2.20. The van der Waals surface area contributed by atoms with Crippen LogP contribution in [0, 0.1) is 5.92 Å². The second-order valence-corrected chi connectivity index (χ2v) is 3.79. The third kappa shape index (κ3) is 1.51. The van der Waals surface area contributed by atoms with Gasteiger partial charge in [-0.05, 0) is 24.8 Å². The molecule has 0 aromatic carbocycles. The number of rotatable bonds is 3. The molecule has 1 aromatic heterocycles. The summed E-state index contributed by atoms with van der Waals surface area (Å²) in [6, 6.07) is 1.90. The maximum atomic E-state index is 9.98. The van der Waals surface area contributed by atoms with Gasteiger partial charge in [0.05, 0.1) is 12.4 Å². The zero-order valence-electron chi connectivity index (χ0n) is 7.99. The highest BCUT2D eigenvalue weighted by molar-refractivity contribution is 5.21. The van der Waals surface area contributed by atoms with E-state index in [0.29, 0.717) is 5.92 Å². The van der Waals surface area contributed by atoms with Gasteiger partial charge in [0, 0.05) is 12.0 Å². The van der Waals surface area contributed by atoms with E-state index in [9.17, 15) is 5.11 Å². The molecule has 0 aliphatic heterocycles. The number of hydrogen-bond donors (Lipinski definition) is 1. The summed E-state index contributed by atoms with van der Waals surface area (Å²) in [5.41, 5.74) is 1.01. The molecule has 1 aromatic rings. The molecule has 1 heterocycles. The molecule has 2 heteroatoms. The van der Waals surface area contributed by atoms with E-state index in [0.717, 1.165) is 30.6 Å². The Labute approximate surface area is 78.6 Å². The number of furan rings is 1. The van der Waals surface area contributed by atoms with Crippen LogP contribution in [0.25, 0.3) is 0 Å². The topological polar surface area (TPSA) is 33.4 Å². The third-order valence-electron chi connectivity index (χ3n) is 3.02. The number of aliphatic hydroxyl groups is 1. The van der Waals surface area contributed by atoms with Crippen LogP contribution in [0.1, 0.15) is 43.6 Å². The van der Waals surface area contributed by atoms with Crippen molar-refractivity contribution in [2.75, 3.05) is 0 Å². The van der Waals surface area contributed by atoms with Gasteiger partial charge in [-0.25, -0.2) is 0 Å². The summed E-state index contributed by atoms with van der Waals surface area (Å²) in [5, 5.41) is 9.98. The summed E-state index contributed by atoms with van der Waals surface area (Å²) in [5.74, 6) is 1.42. The molecule has 1 saturated carbocycles. The first kappa shape index (κ1) is 8.82. The fourth-order valence-electron chi connectivity index (χ4n) is 1.91. The molecule has 0 amide bonds. The van der Waals surface area contributed by atoms with Crippen LogP contribution in [-0.4, -0.2) is 5.11 Å². The SMILES string of the molecule is CCc1occc1C(O)C1CCC1. The Morgan fingerprint density at radius 3 is 2.92 bits per heavy atom. The molecule has 2 nitrogen and oxygen atoms in total. The van der Waals surface area contributed by atoms with Crippen LogP contribution in [0.3, 0.4) is 0 Å². The van der Waals surface area contributed by atoms with Crippen LogP contribution in [0.4, 0.5) is 0 Å². The minimum absolute atomic E-state index is 0.289. The van der Waals surface area contributed by atoms with Crippen LogP contribution in [0.2, 0.25) is 0 Å². The van der Waals surface area contributed by atoms with Gasteiger partial charge in [-0.3, -0.25) is 0 Å². The highest BCUT2D eigenvalue weighted by Crippen LogP contribution is 2.38. The van der Waals surface area contributed by atoms with E-state index in [1.54, 1.807) is 6.26 Å². The van der Waals surface area contributed by atoms with Crippen molar-refractivity contribution in [3.63, 3.8) is 0 Å². The van der Waals surface area contributed by atoms with Gasteiger partial charge in [-0.15, -0.1) is 0 Å². The first-order chi connectivity index (χ1) is 6.33. The van der Waals surface area contributed by atoms with Gasteiger partial charge >= 0.3 is 0 Å². The van der Waals surface area contributed by atoms with Crippen molar-refractivity contribution in [3.05, 3.63) is 23.7 Å². The van der Waals surface area contributed by atoms with Crippen molar-refractivity contribution in [1.29, 1.82) is 0 Å². The molecule has 0 spiro atoms. The van der Waals surface area contributed by atoms with Gasteiger partial charge in [0.15, 0.2) is 0 Å². The van der Waals surface area contributed by atoms with Gasteiger partial charge in [-0.2, -0.15) is 0 Å². The molecule has 1 aliphatic rings. The lowest BCUT2D eigenvalue weighted by Gasteiger charge is -2.30. The molecule has 2 rings (SSSR count). The monoisotopic (exact) mass is 180 g/mol. The summed E-state index contributed by atoms with van der Waals surface area (Å²) in [6.45, 7) is 2.05. The molecule has 1 atom stereocenters. The fraction of sp³-hybridized carbons (Fsp3) is 0.636. The molecule has 0 bridgehead atoms. The largest absolute Gasteiger partial charge is 0.469 e. The van der Waals surface area contributed by atoms with E-state index in [4.69, 9.17) is 4.42 Å². The highest BCUT2D eigenvalue weighted by Gasteiger charge is 2.28. The lowest BCUT2D eigenvalue weighted by molar-refractivity contribution is 0.0607. The van der Waals surface area contributed by atoms with E-state index >= 15 is 0 Å². The van der Waals surface area contributed by atoms with Crippen molar-refractivity contribution < 1.29 is 9.52 Å². The van der Waals surface area contributed by atoms with E-state index < -0.39 is 0 Å². The Hall–Kier alpha value is -0.760. The molecule has 1 aliphatic carbocycles. The van der Waals surface area contributed by atoms with E-state index in [1.165, 1.54) is 6.42 Å². The second-order valence-electron chi connectivity index (χ2n) is 3.79. The first-order valence-electron chi connectivity index (χ1n) is 5.07. The molecule has 0 saturated heterocycles. The fourth-order valence-corrected chi connectivity index (χ4v) is 1.91. The maximum Gasteiger partial charge on any atom is 0.109 e. The summed E-state index contributed by atoms with van der Waals surface area (Å²) in [6.07, 6.45) is 5.84. The molecule has 1 N–H and O–H groups in total. The quantitative estimate of drug-likeness (QED) is 0.775. The van der Waals surface area contributed by atoms with E-state index in [-0.39, 0.29) is 6.10 Å². The Balaban J connectivity index is 2.13. The average Bonchev–Trinajstić information content (AvgIpc) is 2.47. The Morgan fingerprint density at radius 2 is 2.38 bits per heavy atom. The van der Waals surface area contributed by atoms with Crippen molar-refractivity contribution in [1.82, 2.24) is 0 Å². The zero-order chi connectivity index (χ0) is 9.26. The Morgan fingerprint density at radius 1 is 1.62 bits per heavy atom. The molecule has 1 fully saturated rings. The van der Waals surface area contributed by atoms with Gasteiger partial charge in [0.2, 0.25) is 0 Å². The summed E-state index contributed by atoms with van der Waals surface area (Å²) >= 11 is 0. The molecule has 1 unspecified atom stereocenters. The molecule has 0 radical (unpaired) electrons. The number of aryl methyl sites for hydroxylation is 1. The van der Waals surface area contributed by atoms with Crippen molar-refractivity contribution in [3.8, 4) is 0 Å². The van der Waals surface area contributed by atoms with Crippen LogP contribution < -0.4 is 0 Å². The van der Waals surface area contributed by atoms with Crippen LogP contribution >= 0.6 is 0 Å². The first-order valence-corrected chi connectivity index (χ1v) is 5.07. The van der Waals surface area contributed by atoms with Crippen molar-refractivity contribution in [2.24, 2.45) is 5.92 Å². The van der Waals surface area contributed by atoms with Gasteiger partial charge in [0.25, 0.3) is 0 Å². The minimum atomic E-state index is -0.289. The van der Waals surface area contributed by atoms with Crippen LogP contribution in [0.5, 0.6) is 0 Å². The maximum absolute atomic E-state index is 9.98. The third-order valence-corrected chi connectivity index (χ3v) is 3.02. The normalized spacial score (nSPS) is 19.8. The standard InChI is InChI=1S/C11H16O2/c1-2-10-9(6-7-13-10)11(12)8-4-3-5-8/h6-8,11-12H,2-5H2,1H3. The van der Waals surface area contributed by atoms with Gasteiger partial charge in [0.1, 0.15) is 5.76 Å². The Bertz CT molecular complexity index is 273. The van der Waals surface area contributed by atoms with Crippen LogP contribution in [-0.2, 0) is 6.42 Å². The van der Waals surface area contributed by atoms with Crippen molar-refractivity contribution in [2.45, 2.75) is 38.7 Å². The van der Waals surface area contributed by atoms with Gasteiger partial charge < -0.3 is 9.52 Å².